The van der Waals surface area contributed by atoms with Gasteiger partial charge in [0, 0.05) is 5.56 Å². The Hall–Kier alpha value is -3.70. The van der Waals surface area contributed by atoms with Crippen molar-refractivity contribution in [3.05, 3.63) is 78.4 Å². The van der Waals surface area contributed by atoms with E-state index in [0.29, 0.717) is 12.1 Å². The van der Waals surface area contributed by atoms with Gasteiger partial charge in [0.2, 0.25) is 9.84 Å². The molecular weight excluding hydrogens is 631 g/mol. The second-order valence-electron chi connectivity index (χ2n) is 8.44. The highest BCUT2D eigenvalue weighted by Gasteiger charge is 2.90. The van der Waals surface area contributed by atoms with E-state index >= 15 is 0 Å². The molecule has 3 rings (SSSR count). The maximum absolute atomic E-state index is 14.3. The van der Waals surface area contributed by atoms with Crippen LogP contribution in [0.3, 0.4) is 0 Å². The highest BCUT2D eigenvalue weighted by atomic mass is 32.2. The Morgan fingerprint density at radius 2 is 0.976 bits per heavy atom. The first kappa shape index (κ1) is 32.8. The molecule has 3 aromatic rings. The number of para-hydroxylation sites is 1. The number of benzene rings is 3. The van der Waals surface area contributed by atoms with Gasteiger partial charge in [0.25, 0.3) is 0 Å². The summed E-state index contributed by atoms with van der Waals surface area (Å²) in [6.45, 7) is 0. The number of sulfone groups is 1. The van der Waals surface area contributed by atoms with E-state index in [-0.39, 0.29) is 22.8 Å². The van der Waals surface area contributed by atoms with E-state index in [0.717, 1.165) is 36.4 Å². The molecule has 0 aliphatic rings. The number of ether oxygens (including phenoxy) is 1. The van der Waals surface area contributed by atoms with E-state index < -0.39 is 67.6 Å². The van der Waals surface area contributed by atoms with Crippen LogP contribution < -0.4 is 4.74 Å². The van der Waals surface area contributed by atoms with Crippen LogP contribution in [-0.4, -0.2) is 43.4 Å². The summed E-state index contributed by atoms with van der Waals surface area (Å²) in [5, 5.41) is 9.78. The van der Waals surface area contributed by atoms with Crippen LogP contribution in [0.4, 0.5) is 57.1 Å². The van der Waals surface area contributed by atoms with Crippen molar-refractivity contribution in [3.63, 3.8) is 0 Å². The van der Waals surface area contributed by atoms with E-state index in [4.69, 9.17) is 4.74 Å². The molecule has 4 nitrogen and oxygen atoms in total. The molecule has 0 amide bonds. The molecule has 18 heteroatoms. The molecule has 0 saturated carbocycles. The van der Waals surface area contributed by atoms with Gasteiger partial charge < -0.3 is 9.84 Å². The predicted octanol–water partition coefficient (Wildman–Crippen LogP) is 8.21. The third kappa shape index (κ3) is 5.09. The summed E-state index contributed by atoms with van der Waals surface area (Å²) in [4.78, 5) is -0.792. The van der Waals surface area contributed by atoms with Crippen LogP contribution in [0.15, 0.2) is 82.6 Å². The number of hydrogen-bond donors (Lipinski definition) is 1. The van der Waals surface area contributed by atoms with Crippen molar-refractivity contribution in [2.75, 3.05) is 0 Å². The second-order valence-corrected chi connectivity index (χ2v) is 10.4. The summed E-state index contributed by atoms with van der Waals surface area (Å²) >= 11 is 0. The lowest BCUT2D eigenvalue weighted by Crippen LogP contribution is -2.69. The molecule has 42 heavy (non-hydrogen) atoms. The first-order valence-electron chi connectivity index (χ1n) is 10.8. The third-order valence-electron chi connectivity index (χ3n) is 5.67. The number of alkyl halides is 13. The molecule has 0 atom stereocenters. The lowest BCUT2D eigenvalue weighted by molar-refractivity contribution is -0.441. The minimum absolute atomic E-state index is 0.0730. The van der Waals surface area contributed by atoms with Crippen LogP contribution in [-0.2, 0) is 15.8 Å². The number of phenols is 1. The predicted molar refractivity (Wildman–Crippen MR) is 116 cm³/mol. The van der Waals surface area contributed by atoms with Gasteiger partial charge >= 0.3 is 35.8 Å². The zero-order chi connectivity index (χ0) is 32.2. The molecule has 0 heterocycles. The van der Waals surface area contributed by atoms with Crippen molar-refractivity contribution in [1.29, 1.82) is 0 Å². The summed E-state index contributed by atoms with van der Waals surface area (Å²) < 4.78 is 204. The molecular formula is C24H13F13O4S. The van der Waals surface area contributed by atoms with E-state index in [2.05, 4.69) is 0 Å². The third-order valence-corrected chi connectivity index (χ3v) is 7.49. The number of phenolic OH excluding ortho intramolecular Hbond substituents is 1. The average Bonchev–Trinajstić information content (AvgIpc) is 2.88. The zero-order valence-electron chi connectivity index (χ0n) is 19.9. The van der Waals surface area contributed by atoms with Crippen molar-refractivity contribution >= 4 is 9.84 Å². The lowest BCUT2D eigenvalue weighted by atomic mass is 9.90. The van der Waals surface area contributed by atoms with E-state index in [1.54, 1.807) is 0 Å². The monoisotopic (exact) mass is 644 g/mol. The highest BCUT2D eigenvalue weighted by Crippen LogP contribution is 2.62. The van der Waals surface area contributed by atoms with Gasteiger partial charge in [-0.1, -0.05) is 12.1 Å². The number of hydrogen-bond acceptors (Lipinski definition) is 4. The fraction of sp³-hybridized carbons (Fsp3) is 0.250. The highest BCUT2D eigenvalue weighted by molar-refractivity contribution is 7.91. The van der Waals surface area contributed by atoms with E-state index in [9.17, 15) is 70.6 Å². The van der Waals surface area contributed by atoms with E-state index in [1.165, 1.54) is 12.1 Å². The summed E-state index contributed by atoms with van der Waals surface area (Å²) in [6.07, 6.45) is -7.50. The van der Waals surface area contributed by atoms with Crippen molar-refractivity contribution in [2.45, 2.75) is 45.6 Å². The molecule has 1 N–H and O–H groups in total. The zero-order valence-corrected chi connectivity index (χ0v) is 20.7. The largest absolute Gasteiger partial charge is 0.507 e. The minimum Gasteiger partial charge on any atom is -0.507 e. The molecule has 0 unspecified atom stereocenters. The van der Waals surface area contributed by atoms with Gasteiger partial charge in [0.15, 0.2) is 0 Å². The maximum atomic E-state index is 14.3. The fourth-order valence-electron chi connectivity index (χ4n) is 3.32. The van der Waals surface area contributed by atoms with Gasteiger partial charge in [-0.05, 0) is 60.7 Å². The SMILES string of the molecule is O=S(=O)(c1ccc(Oc2ccc(C(F)(F)C(F)(F)C(F)(F)C(F)(F)C(F)(F)C(F)(F)F)cc2)cc1)c1ccccc1O. The average molecular weight is 644 g/mol. The topological polar surface area (TPSA) is 63.6 Å². The Balaban J connectivity index is 1.86. The molecule has 0 spiro atoms. The normalized spacial score (nSPS) is 14.1. The van der Waals surface area contributed by atoms with Gasteiger partial charge in [-0.3, -0.25) is 0 Å². The van der Waals surface area contributed by atoms with Gasteiger partial charge in [-0.15, -0.1) is 0 Å². The van der Waals surface area contributed by atoms with Crippen molar-refractivity contribution in [3.8, 4) is 17.2 Å². The minimum atomic E-state index is -8.01. The molecule has 0 aromatic heterocycles. The van der Waals surface area contributed by atoms with Crippen LogP contribution in [0.2, 0.25) is 0 Å². The fourth-order valence-corrected chi connectivity index (χ4v) is 4.67. The quantitative estimate of drug-likeness (QED) is 0.239. The van der Waals surface area contributed by atoms with Crippen molar-refractivity contribution < 1.29 is 75.3 Å². The van der Waals surface area contributed by atoms with Gasteiger partial charge in [-0.2, -0.15) is 57.1 Å². The van der Waals surface area contributed by atoms with Gasteiger partial charge in [0.1, 0.15) is 22.1 Å². The number of halogens is 13. The number of aromatic hydroxyl groups is 1. The van der Waals surface area contributed by atoms with Gasteiger partial charge in [-0.25, -0.2) is 8.42 Å². The summed E-state index contributed by atoms with van der Waals surface area (Å²) in [5.41, 5.74) is -2.19. The standard InChI is InChI=1S/C24H13F13O4S/c25-19(26,20(27,28)21(29,30)22(31,32)23(33,34)24(35,36)37)13-5-7-14(8-6-13)41-15-9-11-16(12-10-15)42(39,40)18-4-2-1-3-17(18)38/h1-12,38H. The first-order chi connectivity index (χ1) is 18.9. The Morgan fingerprint density at radius 1 is 0.548 bits per heavy atom. The summed E-state index contributed by atoms with van der Waals surface area (Å²) in [5.74, 6) is -38.9. The molecule has 0 aliphatic carbocycles. The van der Waals surface area contributed by atoms with Crippen molar-refractivity contribution in [2.24, 2.45) is 0 Å². The van der Waals surface area contributed by atoms with Crippen LogP contribution >= 0.6 is 0 Å². The molecule has 0 fully saturated rings. The van der Waals surface area contributed by atoms with Crippen LogP contribution in [0.25, 0.3) is 0 Å². The summed E-state index contributed by atoms with van der Waals surface area (Å²) in [6, 6.07) is 9.59. The number of rotatable bonds is 9. The Bertz CT molecular complexity index is 1530. The molecule has 3 aromatic carbocycles. The lowest BCUT2D eigenvalue weighted by Gasteiger charge is -2.39. The Kier molecular flexibility index (Phi) is 7.99. The van der Waals surface area contributed by atoms with E-state index in [1.807, 2.05) is 0 Å². The van der Waals surface area contributed by atoms with Crippen LogP contribution in [0, 0.1) is 0 Å². The smallest absolute Gasteiger partial charge is 0.460 e. The Labute approximate surface area is 226 Å². The molecule has 230 valence electrons. The van der Waals surface area contributed by atoms with Crippen molar-refractivity contribution in [1.82, 2.24) is 0 Å². The van der Waals surface area contributed by atoms with Crippen LogP contribution in [0.1, 0.15) is 5.56 Å². The molecule has 0 saturated heterocycles. The van der Waals surface area contributed by atoms with Crippen LogP contribution in [0.5, 0.6) is 17.2 Å². The second kappa shape index (κ2) is 10.2. The molecule has 0 aliphatic heterocycles. The first-order valence-corrected chi connectivity index (χ1v) is 12.3. The molecule has 0 bridgehead atoms. The Morgan fingerprint density at radius 3 is 1.43 bits per heavy atom. The van der Waals surface area contributed by atoms with Gasteiger partial charge in [0.05, 0.1) is 4.90 Å². The molecule has 0 radical (unpaired) electrons. The summed E-state index contributed by atoms with van der Waals surface area (Å²) in [7, 11) is -4.22. The maximum Gasteiger partial charge on any atom is 0.460 e.